The minimum absolute atomic E-state index is 0.448. The summed E-state index contributed by atoms with van der Waals surface area (Å²) in [6, 6.07) is 9.20. The molecule has 0 amide bonds. The molecule has 2 atom stereocenters. The lowest BCUT2D eigenvalue weighted by Crippen LogP contribution is -2.26. The Kier molecular flexibility index (Phi) is 4.45. The first-order chi connectivity index (χ1) is 9.84. The van der Waals surface area contributed by atoms with Crippen LogP contribution in [0.5, 0.6) is 0 Å². The van der Waals surface area contributed by atoms with Gasteiger partial charge in [-0.1, -0.05) is 31.2 Å². The molecule has 0 radical (unpaired) electrons. The van der Waals surface area contributed by atoms with Gasteiger partial charge in [0.15, 0.2) is 0 Å². The highest BCUT2D eigenvalue weighted by molar-refractivity contribution is 7.09. The fourth-order valence-electron chi connectivity index (χ4n) is 2.76. The van der Waals surface area contributed by atoms with Gasteiger partial charge in [-0.25, -0.2) is 4.98 Å². The molecule has 0 spiro atoms. The van der Waals surface area contributed by atoms with E-state index in [1.54, 1.807) is 11.3 Å². The molecule has 0 saturated carbocycles. The average molecular weight is 287 g/mol. The van der Waals surface area contributed by atoms with E-state index >= 15 is 0 Å². The number of nitrogens with one attached hydrogen (secondary N) is 2. The van der Waals surface area contributed by atoms with Crippen molar-refractivity contribution >= 4 is 11.3 Å². The number of fused-ring (bicyclic) bond motifs is 1. The fourth-order valence-corrected chi connectivity index (χ4v) is 3.45. The Labute approximate surface area is 124 Å². The second-order valence-corrected chi connectivity index (χ2v) is 6.32. The van der Waals surface area contributed by atoms with E-state index in [2.05, 4.69) is 52.2 Å². The normalized spacial score (nSPS) is 20.1. The average Bonchev–Trinajstić information content (AvgIpc) is 2.93. The molecule has 0 fully saturated rings. The number of thiazole rings is 1. The Morgan fingerprint density at radius 2 is 2.35 bits per heavy atom. The van der Waals surface area contributed by atoms with E-state index in [-0.39, 0.29) is 0 Å². The zero-order chi connectivity index (χ0) is 13.8. The number of aromatic nitrogens is 1. The van der Waals surface area contributed by atoms with Gasteiger partial charge in [-0.15, -0.1) is 11.3 Å². The van der Waals surface area contributed by atoms with Gasteiger partial charge < -0.3 is 10.6 Å². The number of hydrogen-bond acceptors (Lipinski definition) is 4. The van der Waals surface area contributed by atoms with Crippen LogP contribution in [0.15, 0.2) is 35.8 Å². The zero-order valence-electron chi connectivity index (χ0n) is 11.8. The van der Waals surface area contributed by atoms with E-state index < -0.39 is 0 Å². The predicted molar refractivity (Wildman–Crippen MR) is 84.0 cm³/mol. The molecule has 1 aliphatic rings. The largest absolute Gasteiger partial charge is 0.313 e. The van der Waals surface area contributed by atoms with E-state index in [1.165, 1.54) is 16.1 Å². The summed E-state index contributed by atoms with van der Waals surface area (Å²) in [7, 11) is 0. The predicted octanol–water partition coefficient (Wildman–Crippen LogP) is 3.07. The van der Waals surface area contributed by atoms with Crippen molar-refractivity contribution in [2.45, 2.75) is 31.8 Å². The molecule has 4 heteroatoms. The van der Waals surface area contributed by atoms with E-state index in [0.717, 1.165) is 26.1 Å². The molecule has 1 aliphatic heterocycles. The second-order valence-electron chi connectivity index (χ2n) is 5.40. The first-order valence-corrected chi connectivity index (χ1v) is 8.14. The third-order valence-corrected chi connectivity index (χ3v) is 4.91. The van der Waals surface area contributed by atoms with Crippen molar-refractivity contribution in [1.82, 2.24) is 15.6 Å². The summed E-state index contributed by atoms with van der Waals surface area (Å²) in [5.74, 6) is 0.471. The van der Waals surface area contributed by atoms with Gasteiger partial charge in [0.25, 0.3) is 0 Å². The molecule has 0 bridgehead atoms. The van der Waals surface area contributed by atoms with Crippen molar-refractivity contribution in [1.29, 1.82) is 0 Å². The van der Waals surface area contributed by atoms with Gasteiger partial charge in [0.2, 0.25) is 0 Å². The summed E-state index contributed by atoms with van der Waals surface area (Å²) in [6.45, 7) is 5.27. The van der Waals surface area contributed by atoms with Gasteiger partial charge in [0, 0.05) is 36.6 Å². The Bertz CT molecular complexity index is 538. The standard InChI is InChI=1S/C16H21N3S/c1-12(16-18-8-9-20-16)10-19-15-6-7-17-11-13-4-2-3-5-14(13)15/h2-5,8-9,12,15,17,19H,6-7,10-11H2,1H3. The maximum Gasteiger partial charge on any atom is 0.0965 e. The molecular weight excluding hydrogens is 266 g/mol. The molecule has 0 aliphatic carbocycles. The van der Waals surface area contributed by atoms with Gasteiger partial charge in [-0.05, 0) is 24.1 Å². The van der Waals surface area contributed by atoms with Crippen LogP contribution >= 0.6 is 11.3 Å². The summed E-state index contributed by atoms with van der Waals surface area (Å²) in [5.41, 5.74) is 2.87. The van der Waals surface area contributed by atoms with Gasteiger partial charge in [-0.3, -0.25) is 0 Å². The molecule has 2 aromatic rings. The molecule has 2 N–H and O–H groups in total. The van der Waals surface area contributed by atoms with Crippen molar-refractivity contribution in [2.75, 3.05) is 13.1 Å². The van der Waals surface area contributed by atoms with Crippen molar-refractivity contribution in [3.05, 3.63) is 52.0 Å². The van der Waals surface area contributed by atoms with Crippen LogP contribution in [0.25, 0.3) is 0 Å². The molecule has 3 rings (SSSR count). The maximum atomic E-state index is 4.41. The van der Waals surface area contributed by atoms with Crippen LogP contribution in [0.1, 0.15) is 41.4 Å². The Morgan fingerprint density at radius 1 is 1.45 bits per heavy atom. The van der Waals surface area contributed by atoms with E-state index in [4.69, 9.17) is 0 Å². The van der Waals surface area contributed by atoms with Crippen LogP contribution in [0.4, 0.5) is 0 Å². The summed E-state index contributed by atoms with van der Waals surface area (Å²) < 4.78 is 0. The van der Waals surface area contributed by atoms with Crippen LogP contribution in [-0.2, 0) is 6.54 Å². The van der Waals surface area contributed by atoms with E-state index in [1.807, 2.05) is 6.20 Å². The maximum absolute atomic E-state index is 4.41. The quantitative estimate of drug-likeness (QED) is 0.907. The van der Waals surface area contributed by atoms with Crippen molar-refractivity contribution in [3.63, 3.8) is 0 Å². The molecule has 20 heavy (non-hydrogen) atoms. The van der Waals surface area contributed by atoms with E-state index in [0.29, 0.717) is 12.0 Å². The number of hydrogen-bond donors (Lipinski definition) is 2. The monoisotopic (exact) mass is 287 g/mol. The smallest absolute Gasteiger partial charge is 0.0965 e. The van der Waals surface area contributed by atoms with Crippen LogP contribution in [0.2, 0.25) is 0 Å². The third-order valence-electron chi connectivity index (χ3n) is 3.90. The summed E-state index contributed by atoms with van der Waals surface area (Å²) in [5, 5.41) is 10.5. The van der Waals surface area contributed by atoms with Crippen molar-refractivity contribution in [2.24, 2.45) is 0 Å². The molecule has 1 aromatic heterocycles. The lowest BCUT2D eigenvalue weighted by Gasteiger charge is -2.21. The molecule has 1 aromatic carbocycles. The Balaban J connectivity index is 1.68. The minimum Gasteiger partial charge on any atom is -0.313 e. The minimum atomic E-state index is 0.448. The van der Waals surface area contributed by atoms with Crippen LogP contribution in [-0.4, -0.2) is 18.1 Å². The zero-order valence-corrected chi connectivity index (χ0v) is 12.6. The summed E-state index contributed by atoms with van der Waals surface area (Å²) in [6.07, 6.45) is 3.03. The highest BCUT2D eigenvalue weighted by atomic mass is 32.1. The molecule has 0 saturated heterocycles. The number of rotatable bonds is 4. The first kappa shape index (κ1) is 13.7. The first-order valence-electron chi connectivity index (χ1n) is 7.26. The SMILES string of the molecule is CC(CNC1CCNCc2ccccc21)c1nccs1. The molecular formula is C16H21N3S. The van der Waals surface area contributed by atoms with Gasteiger partial charge in [0.1, 0.15) is 0 Å². The van der Waals surface area contributed by atoms with Gasteiger partial charge >= 0.3 is 0 Å². The summed E-state index contributed by atoms with van der Waals surface area (Å²) in [4.78, 5) is 4.41. The lowest BCUT2D eigenvalue weighted by molar-refractivity contribution is 0.477. The molecule has 2 unspecified atom stereocenters. The number of benzene rings is 1. The fraction of sp³-hybridized carbons (Fsp3) is 0.438. The second kappa shape index (κ2) is 6.48. The van der Waals surface area contributed by atoms with E-state index in [9.17, 15) is 0 Å². The third kappa shape index (κ3) is 3.08. The van der Waals surface area contributed by atoms with Gasteiger partial charge in [0.05, 0.1) is 5.01 Å². The number of nitrogens with zero attached hydrogens (tertiary/aromatic N) is 1. The summed E-state index contributed by atoms with van der Waals surface area (Å²) >= 11 is 1.74. The lowest BCUT2D eigenvalue weighted by atomic mass is 9.99. The van der Waals surface area contributed by atoms with Crippen LogP contribution in [0, 0.1) is 0 Å². The van der Waals surface area contributed by atoms with Crippen LogP contribution < -0.4 is 10.6 Å². The highest BCUT2D eigenvalue weighted by Crippen LogP contribution is 2.25. The molecule has 3 nitrogen and oxygen atoms in total. The van der Waals surface area contributed by atoms with Gasteiger partial charge in [-0.2, -0.15) is 0 Å². The molecule has 106 valence electrons. The highest BCUT2D eigenvalue weighted by Gasteiger charge is 2.18. The molecule has 2 heterocycles. The Morgan fingerprint density at radius 3 is 3.20 bits per heavy atom. The van der Waals surface area contributed by atoms with Crippen molar-refractivity contribution < 1.29 is 0 Å². The topological polar surface area (TPSA) is 37.0 Å². The van der Waals surface area contributed by atoms with Crippen LogP contribution in [0.3, 0.4) is 0 Å². The van der Waals surface area contributed by atoms with Crippen molar-refractivity contribution in [3.8, 4) is 0 Å². The Hall–Kier alpha value is -1.23.